The van der Waals surface area contributed by atoms with Gasteiger partial charge in [0, 0.05) is 39.1 Å². The number of ether oxygens (including phenoxy) is 5. The van der Waals surface area contributed by atoms with Crippen LogP contribution in [0.25, 0.3) is 0 Å². The molecule has 3 saturated heterocycles. The van der Waals surface area contributed by atoms with Crippen molar-refractivity contribution in [3.05, 3.63) is 0 Å². The van der Waals surface area contributed by atoms with E-state index in [2.05, 4.69) is 5.32 Å². The molecule has 3 fully saturated rings. The van der Waals surface area contributed by atoms with Crippen LogP contribution < -0.4 is 5.32 Å². The molecule has 304 valence electrons. The van der Waals surface area contributed by atoms with Gasteiger partial charge in [-0.1, -0.05) is 34.6 Å². The summed E-state index contributed by atoms with van der Waals surface area (Å²) < 4.78 is 31.5. The van der Waals surface area contributed by atoms with Gasteiger partial charge in [0.05, 0.1) is 60.1 Å². The lowest BCUT2D eigenvalue weighted by atomic mass is 9.77. The Morgan fingerprint density at radius 3 is 2.23 bits per heavy atom. The molecule has 0 spiro atoms. The maximum absolute atomic E-state index is 14.3. The van der Waals surface area contributed by atoms with E-state index in [1.807, 2.05) is 53.6 Å². The predicted octanol–water partition coefficient (Wildman–Crippen LogP) is 1.89. The number of carbonyl (C=O) groups excluding carboxylic acids is 2. The average molecular weight is 746 g/mol. The number of rotatable bonds is 8. The first-order chi connectivity index (χ1) is 24.0. The summed E-state index contributed by atoms with van der Waals surface area (Å²) in [6.45, 7) is 16.8. The second kappa shape index (κ2) is 18.4. The molecule has 3 aliphatic rings. The number of aliphatic hydroxyl groups excluding tert-OH is 3. The molecule has 52 heavy (non-hydrogen) atoms. The largest absolute Gasteiger partial charge is 0.390 e. The van der Waals surface area contributed by atoms with Crippen LogP contribution in [0.3, 0.4) is 0 Å². The Morgan fingerprint density at radius 1 is 1.02 bits per heavy atom. The molecule has 0 aromatic carbocycles. The normalized spacial score (nSPS) is 45.1. The molecule has 16 atom stereocenters. The lowest BCUT2D eigenvalue weighted by Crippen LogP contribution is -2.61. The summed E-state index contributed by atoms with van der Waals surface area (Å²) in [5, 5.41) is 49.2. The van der Waals surface area contributed by atoms with Crippen molar-refractivity contribution in [3.63, 3.8) is 0 Å². The maximum Gasteiger partial charge on any atom is 0.225 e. The van der Waals surface area contributed by atoms with Gasteiger partial charge in [0.1, 0.15) is 12.2 Å². The van der Waals surface area contributed by atoms with Crippen molar-refractivity contribution in [2.24, 2.45) is 23.7 Å². The molecule has 14 nitrogen and oxygen atoms in total. The van der Waals surface area contributed by atoms with Crippen LogP contribution in [-0.2, 0) is 33.3 Å². The van der Waals surface area contributed by atoms with Crippen molar-refractivity contribution in [2.45, 2.75) is 173 Å². The molecule has 0 aromatic rings. The highest BCUT2D eigenvalue weighted by atomic mass is 16.7. The first-order valence-corrected chi connectivity index (χ1v) is 19.2. The third-order valence-electron chi connectivity index (χ3n) is 11.5. The van der Waals surface area contributed by atoms with Gasteiger partial charge in [0.2, 0.25) is 11.8 Å². The summed E-state index contributed by atoms with van der Waals surface area (Å²) in [5.74, 6) is -2.41. The van der Waals surface area contributed by atoms with Crippen LogP contribution in [0.4, 0.5) is 0 Å². The van der Waals surface area contributed by atoms with Gasteiger partial charge in [-0.3, -0.25) is 9.59 Å². The van der Waals surface area contributed by atoms with Crippen molar-refractivity contribution >= 4 is 11.8 Å². The van der Waals surface area contributed by atoms with E-state index in [0.29, 0.717) is 19.4 Å². The lowest BCUT2D eigenvalue weighted by Gasteiger charge is -2.49. The molecule has 0 aromatic heterocycles. The Hall–Kier alpha value is -1.46. The fourth-order valence-electron chi connectivity index (χ4n) is 8.49. The first kappa shape index (κ1) is 44.9. The second-order valence-electron chi connectivity index (χ2n) is 17.3. The van der Waals surface area contributed by atoms with Crippen molar-refractivity contribution in [3.8, 4) is 0 Å². The second-order valence-corrected chi connectivity index (χ2v) is 17.3. The predicted molar refractivity (Wildman–Crippen MR) is 195 cm³/mol. The zero-order valence-corrected chi connectivity index (χ0v) is 33.9. The van der Waals surface area contributed by atoms with Gasteiger partial charge in [-0.15, -0.1) is 0 Å². The van der Waals surface area contributed by atoms with Crippen LogP contribution in [0.1, 0.15) is 94.4 Å². The molecule has 0 radical (unpaired) electrons. The van der Waals surface area contributed by atoms with Gasteiger partial charge >= 0.3 is 0 Å². The van der Waals surface area contributed by atoms with Gasteiger partial charge < -0.3 is 59.2 Å². The molecule has 0 unspecified atom stereocenters. The SMILES string of the molecule is CO[C@]1(C)C[C@H](O[C@H]2[C@H](C)[C@@H](O[C@@H]3O[C@H](C)C[C@H](N(C)C)[C@H]3O)[C@](C)(O)C[C@@H](C)CN(C)C(=O)C[C@H](O)[C@H](CC(C)C)NC(=O)[C@@H]2C)O[C@@H](C)[C@@H]1O. The smallest absolute Gasteiger partial charge is 0.225 e. The molecule has 5 N–H and O–H groups in total. The highest BCUT2D eigenvalue weighted by molar-refractivity contribution is 5.80. The number of hydrogen-bond acceptors (Lipinski definition) is 12. The van der Waals surface area contributed by atoms with Crippen molar-refractivity contribution in [1.29, 1.82) is 0 Å². The summed E-state index contributed by atoms with van der Waals surface area (Å²) in [6.07, 6.45) is -6.85. The molecule has 14 heteroatoms. The topological polar surface area (TPSA) is 180 Å². The van der Waals surface area contributed by atoms with Gasteiger partial charge in [0.25, 0.3) is 0 Å². The molecule has 3 rings (SSSR count). The molecule has 0 bridgehead atoms. The minimum atomic E-state index is -1.57. The molecule has 0 saturated carbocycles. The fourth-order valence-corrected chi connectivity index (χ4v) is 8.49. The molecule has 3 heterocycles. The van der Waals surface area contributed by atoms with E-state index in [-0.39, 0.29) is 49.2 Å². The van der Waals surface area contributed by atoms with Crippen LogP contribution in [0.5, 0.6) is 0 Å². The quantitative estimate of drug-likeness (QED) is 0.244. The van der Waals surface area contributed by atoms with E-state index in [0.717, 1.165) is 0 Å². The highest BCUT2D eigenvalue weighted by Gasteiger charge is 2.51. The Balaban J connectivity index is 2.15. The molecular weight excluding hydrogens is 674 g/mol. The van der Waals surface area contributed by atoms with Gasteiger partial charge in [0.15, 0.2) is 12.6 Å². The zero-order chi connectivity index (χ0) is 39.5. The summed E-state index contributed by atoms with van der Waals surface area (Å²) in [4.78, 5) is 31.1. The summed E-state index contributed by atoms with van der Waals surface area (Å²) in [7, 11) is 6.95. The Morgan fingerprint density at radius 2 is 1.65 bits per heavy atom. The van der Waals surface area contributed by atoms with Gasteiger partial charge in [-0.05, 0) is 72.9 Å². The number of methoxy groups -OCH3 is 1. The Kier molecular flexibility index (Phi) is 15.9. The minimum absolute atomic E-state index is 0.106. The van der Waals surface area contributed by atoms with E-state index in [1.54, 1.807) is 39.6 Å². The zero-order valence-electron chi connectivity index (χ0n) is 33.9. The van der Waals surface area contributed by atoms with Crippen LogP contribution in [0.2, 0.25) is 0 Å². The van der Waals surface area contributed by atoms with Crippen molar-refractivity contribution < 1.29 is 53.7 Å². The van der Waals surface area contributed by atoms with Crippen molar-refractivity contribution in [2.75, 3.05) is 34.8 Å². The van der Waals surface area contributed by atoms with Crippen LogP contribution in [0, 0.1) is 23.7 Å². The van der Waals surface area contributed by atoms with Gasteiger partial charge in [-0.2, -0.15) is 0 Å². The third kappa shape index (κ3) is 11.1. The summed E-state index contributed by atoms with van der Waals surface area (Å²) in [6, 6.07) is -0.986. The average Bonchev–Trinajstić information content (AvgIpc) is 3.03. The Labute approximate surface area is 311 Å². The fraction of sp³-hybridized carbons (Fsp3) is 0.947. The third-order valence-corrected chi connectivity index (χ3v) is 11.5. The lowest BCUT2D eigenvalue weighted by molar-refractivity contribution is -0.317. The number of likely N-dealkylation sites (N-methyl/N-ethyl adjacent to an activating group) is 1. The van der Waals surface area contributed by atoms with Crippen molar-refractivity contribution in [1.82, 2.24) is 15.1 Å². The Bertz CT molecular complexity index is 1160. The maximum atomic E-state index is 14.3. The number of hydrogen-bond donors (Lipinski definition) is 5. The van der Waals surface area contributed by atoms with Crippen LogP contribution in [0.15, 0.2) is 0 Å². The van der Waals surface area contributed by atoms with Crippen LogP contribution in [-0.4, -0.2) is 155 Å². The van der Waals surface area contributed by atoms with Gasteiger partial charge in [-0.25, -0.2) is 0 Å². The van der Waals surface area contributed by atoms with E-state index < -0.39 is 84.2 Å². The highest BCUT2D eigenvalue weighted by Crippen LogP contribution is 2.39. The number of nitrogens with zero attached hydrogens (tertiary/aromatic N) is 2. The first-order valence-electron chi connectivity index (χ1n) is 19.2. The minimum Gasteiger partial charge on any atom is -0.390 e. The van der Waals surface area contributed by atoms with E-state index >= 15 is 0 Å². The van der Waals surface area contributed by atoms with Crippen LogP contribution >= 0.6 is 0 Å². The standard InChI is InChI=1S/C38H71N3O11/c1-20(2)14-26-28(42)16-29(43)41(12)19-21(3)17-37(8,47)34(52-36-31(44)27(40(10)11)15-22(4)49-36)23(5)32(24(6)35(46)39-26)51-30-18-38(9,48-13)33(45)25(7)50-30/h20-28,30-34,36,42,44-45,47H,14-19H2,1-13H3,(H,39,46)/t21-,22-,23+,24-,25+,26+,27+,28+,30+,31-,32+,33+,34-,36+,37-,38-/m1/s1. The molecule has 2 amide bonds. The van der Waals surface area contributed by atoms with E-state index in [9.17, 15) is 30.0 Å². The number of aliphatic hydroxyl groups is 4. The number of amides is 2. The van der Waals surface area contributed by atoms with E-state index in [4.69, 9.17) is 23.7 Å². The number of carbonyl (C=O) groups is 2. The molecule has 3 aliphatic heterocycles. The monoisotopic (exact) mass is 746 g/mol. The summed E-state index contributed by atoms with van der Waals surface area (Å²) in [5.41, 5.74) is -2.58. The van der Waals surface area contributed by atoms with E-state index in [1.165, 1.54) is 7.11 Å². The number of nitrogens with one attached hydrogen (secondary N) is 1. The molecule has 0 aliphatic carbocycles. The summed E-state index contributed by atoms with van der Waals surface area (Å²) >= 11 is 0. The molecular formula is C38H71N3O11.